The van der Waals surface area contributed by atoms with E-state index >= 15 is 0 Å². The second kappa shape index (κ2) is 14.1. The van der Waals surface area contributed by atoms with Crippen LogP contribution in [-0.4, -0.2) is 112 Å². The van der Waals surface area contributed by atoms with Gasteiger partial charge in [0.2, 0.25) is 0 Å². The monoisotopic (exact) mass is 804 g/mol. The number of aliphatic hydroxyl groups excluding tert-OH is 3. The van der Waals surface area contributed by atoms with Crippen LogP contribution in [0.15, 0.2) is 66.7 Å². The third-order valence-corrected chi connectivity index (χ3v) is 15.2. The lowest BCUT2D eigenvalue weighted by atomic mass is 9.51. The topological polar surface area (TPSA) is 183 Å². The van der Waals surface area contributed by atoms with Gasteiger partial charge in [0.05, 0.1) is 37.1 Å². The van der Waals surface area contributed by atoms with E-state index in [0.717, 1.165) is 25.7 Å². The first kappa shape index (κ1) is 40.0. The summed E-state index contributed by atoms with van der Waals surface area (Å²) in [5.41, 5.74) is -5.74. The van der Waals surface area contributed by atoms with Crippen molar-refractivity contribution in [1.29, 1.82) is 0 Å². The van der Waals surface area contributed by atoms with E-state index < -0.39 is 107 Å². The predicted octanol–water partition coefficient (Wildman–Crippen LogP) is 4.34. The minimum absolute atomic E-state index is 0.106. The van der Waals surface area contributed by atoms with Crippen molar-refractivity contribution in [2.45, 2.75) is 125 Å². The maximum absolute atomic E-state index is 14.2. The van der Waals surface area contributed by atoms with Crippen molar-refractivity contribution < 1.29 is 63.2 Å². The van der Waals surface area contributed by atoms with Crippen LogP contribution in [-0.2, 0) is 28.4 Å². The molecule has 0 amide bonds. The average molecular weight is 805 g/mol. The Morgan fingerprint density at radius 3 is 2.26 bits per heavy atom. The number of methoxy groups -OCH3 is 1. The highest BCUT2D eigenvalue weighted by molar-refractivity contribution is 5.90. The SMILES string of the molecule is C=C(C)[C@]12C[C@@H](COC(=O)c3ccccc3)[C@@]34OC5(O[C@@H]1[C@@H]3[C@@H]1O[C@]1(CO)[C@@H](O)[C@@]1(O)[C@H]4[C@H]([C@H](C)[C@@H]1OC(=O)c1ccc(OC)cc1)[C@H](C)CCCCCC[C@H]5O)O2. The summed E-state index contributed by atoms with van der Waals surface area (Å²) in [6.07, 6.45) is -1.69. The van der Waals surface area contributed by atoms with Gasteiger partial charge in [-0.1, -0.05) is 70.7 Å². The van der Waals surface area contributed by atoms with Gasteiger partial charge in [-0.15, -0.1) is 0 Å². The standard InChI is InChI=1S/C45H56O13/c1-24(2)41-21-29(22-53-38(48)27-14-10-8-11-15-27)44-33-36(41)56-45(57-41,58-44)31(47)16-12-7-6-9-13-25(3)32-26(4)35(54-39(49)28-17-19-30(52-5)20-18-28)43(51,34(32)44)40(50)42(23-46)37(33)55-42/h8,10-11,14-15,17-20,25-26,29,31-37,40,46-47,50-51H,1,6-7,9,12-13,16,21-23H2,2-5H3/t25-,26+,29+,31-,32+,33-,34-,35+,36-,37+,40-,41-,42+,43-,44-,45?/m1/s1. The second-order valence-corrected chi connectivity index (χ2v) is 18.2. The zero-order valence-corrected chi connectivity index (χ0v) is 33.6. The molecule has 13 heteroatoms. The number of rotatable bonds is 8. The van der Waals surface area contributed by atoms with Crippen LogP contribution in [0.25, 0.3) is 0 Å². The summed E-state index contributed by atoms with van der Waals surface area (Å²) in [4.78, 5) is 27.9. The quantitative estimate of drug-likeness (QED) is 0.168. The summed E-state index contributed by atoms with van der Waals surface area (Å²) in [5.74, 6) is -6.56. The maximum atomic E-state index is 14.2. The number of carbonyl (C=O) groups is 2. The van der Waals surface area contributed by atoms with Crippen LogP contribution >= 0.6 is 0 Å². The first-order valence-electron chi connectivity index (χ1n) is 20.9. The number of hydrogen-bond donors (Lipinski definition) is 4. The number of hydrogen-bond acceptors (Lipinski definition) is 13. The number of ether oxygens (including phenoxy) is 7. The fraction of sp³-hybridized carbons (Fsp3) is 0.644. The van der Waals surface area contributed by atoms with E-state index in [1.54, 1.807) is 48.5 Å². The van der Waals surface area contributed by atoms with Gasteiger partial charge in [-0.25, -0.2) is 9.59 Å². The minimum Gasteiger partial charge on any atom is -0.497 e. The molecule has 3 bridgehead atoms. The number of carbonyl (C=O) groups excluding carboxylic acids is 2. The number of esters is 2. The first-order valence-corrected chi connectivity index (χ1v) is 20.9. The zero-order valence-electron chi connectivity index (χ0n) is 33.6. The van der Waals surface area contributed by atoms with E-state index in [-0.39, 0.29) is 24.5 Å². The molecule has 1 unspecified atom stereocenters. The van der Waals surface area contributed by atoms with E-state index in [1.807, 2.05) is 19.9 Å². The smallest absolute Gasteiger partial charge is 0.338 e. The Hall–Kier alpha value is -3.40. The highest BCUT2D eigenvalue weighted by Gasteiger charge is 2.91. The Morgan fingerprint density at radius 1 is 0.897 bits per heavy atom. The van der Waals surface area contributed by atoms with Crippen molar-refractivity contribution >= 4 is 11.9 Å². The van der Waals surface area contributed by atoms with Crippen molar-refractivity contribution in [2.24, 2.45) is 35.5 Å². The Kier molecular flexibility index (Phi) is 9.72. The molecule has 3 aliphatic carbocycles. The normalized spacial score (nSPS) is 46.0. The fourth-order valence-electron chi connectivity index (χ4n) is 12.6. The molecule has 7 fully saturated rings. The van der Waals surface area contributed by atoms with Crippen LogP contribution < -0.4 is 4.74 Å². The lowest BCUT2D eigenvalue weighted by molar-refractivity contribution is -0.459. The van der Waals surface area contributed by atoms with Crippen molar-refractivity contribution in [2.75, 3.05) is 20.3 Å². The molecular weight excluding hydrogens is 748 g/mol. The number of aliphatic hydroxyl groups is 4. The van der Waals surface area contributed by atoms with Crippen LogP contribution in [0.4, 0.5) is 0 Å². The summed E-state index contributed by atoms with van der Waals surface area (Å²) >= 11 is 0. The summed E-state index contributed by atoms with van der Waals surface area (Å²) in [7, 11) is 1.53. The Labute approximate surface area is 338 Å². The van der Waals surface area contributed by atoms with Gasteiger partial charge in [-0.05, 0) is 79.5 Å². The Balaban J connectivity index is 1.26. The van der Waals surface area contributed by atoms with Crippen molar-refractivity contribution in [3.63, 3.8) is 0 Å². The van der Waals surface area contributed by atoms with E-state index in [2.05, 4.69) is 13.5 Å². The van der Waals surface area contributed by atoms with Crippen LogP contribution in [0.1, 0.15) is 86.4 Å². The molecule has 16 atom stereocenters. The van der Waals surface area contributed by atoms with Gasteiger partial charge in [0, 0.05) is 17.8 Å². The van der Waals surface area contributed by atoms with Gasteiger partial charge in [0.25, 0.3) is 0 Å². The van der Waals surface area contributed by atoms with Crippen LogP contribution in [0.5, 0.6) is 5.75 Å². The third kappa shape index (κ3) is 5.43. The molecule has 0 radical (unpaired) electrons. The molecule has 3 saturated carbocycles. The van der Waals surface area contributed by atoms with Crippen molar-refractivity contribution in [1.82, 2.24) is 0 Å². The summed E-state index contributed by atoms with van der Waals surface area (Å²) in [5, 5.41) is 50.3. The molecule has 4 aliphatic heterocycles. The molecule has 4 heterocycles. The van der Waals surface area contributed by atoms with Gasteiger partial charge in [-0.3, -0.25) is 0 Å². The summed E-state index contributed by atoms with van der Waals surface area (Å²) < 4.78 is 45.8. The van der Waals surface area contributed by atoms with E-state index in [9.17, 15) is 30.0 Å². The molecular formula is C45H56O13. The van der Waals surface area contributed by atoms with Crippen LogP contribution in [0, 0.1) is 35.5 Å². The molecule has 4 saturated heterocycles. The molecule has 2 aromatic rings. The molecule has 9 rings (SSSR count). The molecule has 4 N–H and O–H groups in total. The number of epoxide rings is 1. The van der Waals surface area contributed by atoms with Gasteiger partial charge in [-0.2, -0.15) is 0 Å². The van der Waals surface area contributed by atoms with Gasteiger partial charge in [0.15, 0.2) is 0 Å². The van der Waals surface area contributed by atoms with Gasteiger partial charge in [0.1, 0.15) is 53.1 Å². The van der Waals surface area contributed by atoms with Crippen LogP contribution in [0.3, 0.4) is 0 Å². The first-order chi connectivity index (χ1) is 27.7. The molecule has 58 heavy (non-hydrogen) atoms. The lowest BCUT2D eigenvalue weighted by Gasteiger charge is -2.62. The molecule has 13 nitrogen and oxygen atoms in total. The molecule has 2 spiro atoms. The third-order valence-electron chi connectivity index (χ3n) is 15.2. The van der Waals surface area contributed by atoms with E-state index in [1.165, 1.54) is 7.11 Å². The molecule has 7 aliphatic rings. The second-order valence-electron chi connectivity index (χ2n) is 18.2. The predicted molar refractivity (Wildman–Crippen MR) is 205 cm³/mol. The van der Waals surface area contributed by atoms with Crippen LogP contribution in [0.2, 0.25) is 0 Å². The number of benzene rings is 2. The molecule has 2 aromatic carbocycles. The zero-order chi connectivity index (χ0) is 41.0. The summed E-state index contributed by atoms with van der Waals surface area (Å²) in [6, 6.07) is 15.1. The Morgan fingerprint density at radius 2 is 1.59 bits per heavy atom. The lowest BCUT2D eigenvalue weighted by Crippen LogP contribution is -2.75. The minimum atomic E-state index is -2.30. The molecule has 0 aromatic heterocycles. The maximum Gasteiger partial charge on any atom is 0.338 e. The summed E-state index contributed by atoms with van der Waals surface area (Å²) in [6.45, 7) is 9.38. The van der Waals surface area contributed by atoms with Gasteiger partial charge >= 0.3 is 17.9 Å². The van der Waals surface area contributed by atoms with Gasteiger partial charge < -0.3 is 53.6 Å². The highest BCUT2D eigenvalue weighted by Crippen LogP contribution is 2.75. The fourth-order valence-corrected chi connectivity index (χ4v) is 12.6. The highest BCUT2D eigenvalue weighted by atomic mass is 16.9. The van der Waals surface area contributed by atoms with Crippen molar-refractivity contribution in [3.8, 4) is 5.75 Å². The van der Waals surface area contributed by atoms with Crippen molar-refractivity contribution in [3.05, 3.63) is 77.9 Å². The van der Waals surface area contributed by atoms with E-state index in [4.69, 9.17) is 33.2 Å². The number of fused-ring (bicyclic) bond motifs is 1. The van der Waals surface area contributed by atoms with E-state index in [0.29, 0.717) is 29.7 Å². The average Bonchev–Trinajstić information content (AvgIpc) is 3.86. The molecule has 314 valence electrons. The largest absolute Gasteiger partial charge is 0.497 e. The Bertz CT molecular complexity index is 1920.